The third kappa shape index (κ3) is 8.89. The molecule has 1 aliphatic carbocycles. The molecule has 0 saturated carbocycles. The molecule has 1 aliphatic rings. The number of nitrogens with zero attached hydrogens (tertiary/aromatic N) is 2. The van der Waals surface area contributed by atoms with Crippen LogP contribution in [0.15, 0.2) is 66.0 Å². The lowest BCUT2D eigenvalue weighted by Crippen LogP contribution is -2.34. The van der Waals surface area contributed by atoms with Crippen molar-refractivity contribution in [2.75, 3.05) is 33.7 Å². The van der Waals surface area contributed by atoms with Gasteiger partial charge in [0.05, 0.1) is 0 Å². The number of rotatable bonds is 12. The van der Waals surface area contributed by atoms with E-state index >= 15 is 0 Å². The van der Waals surface area contributed by atoms with Gasteiger partial charge in [0.15, 0.2) is 0 Å². The van der Waals surface area contributed by atoms with E-state index in [1.807, 2.05) is 43.6 Å². The maximum absolute atomic E-state index is 12.7. The molecule has 32 heavy (non-hydrogen) atoms. The van der Waals surface area contributed by atoms with Crippen molar-refractivity contribution in [1.29, 1.82) is 0 Å². The summed E-state index contributed by atoms with van der Waals surface area (Å²) in [5.74, 6) is -0.627. The Kier molecular flexibility index (Phi) is 11.0. The lowest BCUT2D eigenvalue weighted by atomic mass is 10.1. The van der Waals surface area contributed by atoms with Crippen LogP contribution in [0.4, 0.5) is 0 Å². The smallest absolute Gasteiger partial charge is 0.274 e. The SMILES string of the molecule is CCCCCN(C)CCNC(=O)c1cccc(C(=O)NC2=C/C(=C/C=C\NC)CC=C2)n1. The second-order valence-corrected chi connectivity index (χ2v) is 7.72. The minimum absolute atomic E-state index is 0.204. The molecular formula is C25H35N5O2. The number of nitrogens with one attached hydrogen (secondary N) is 3. The Morgan fingerprint density at radius 3 is 2.69 bits per heavy atom. The first-order valence-electron chi connectivity index (χ1n) is 11.2. The average Bonchev–Trinajstić information content (AvgIpc) is 2.80. The molecule has 1 aromatic rings. The van der Waals surface area contributed by atoms with E-state index in [0.717, 1.165) is 31.5 Å². The number of carbonyl (C=O) groups is 2. The lowest BCUT2D eigenvalue weighted by Gasteiger charge is -2.16. The summed E-state index contributed by atoms with van der Waals surface area (Å²) in [5.41, 5.74) is 2.20. The molecule has 0 radical (unpaired) electrons. The molecular weight excluding hydrogens is 402 g/mol. The minimum atomic E-state index is -0.349. The van der Waals surface area contributed by atoms with Crippen LogP contribution < -0.4 is 16.0 Å². The molecule has 0 spiro atoms. The zero-order valence-corrected chi connectivity index (χ0v) is 19.4. The highest BCUT2D eigenvalue weighted by Gasteiger charge is 2.14. The number of hydrogen-bond acceptors (Lipinski definition) is 5. The first-order chi connectivity index (χ1) is 15.5. The molecule has 2 rings (SSSR count). The zero-order chi connectivity index (χ0) is 23.2. The van der Waals surface area contributed by atoms with Crippen molar-refractivity contribution < 1.29 is 9.59 Å². The van der Waals surface area contributed by atoms with Gasteiger partial charge >= 0.3 is 0 Å². The fourth-order valence-corrected chi connectivity index (χ4v) is 3.17. The molecule has 1 heterocycles. The van der Waals surface area contributed by atoms with Gasteiger partial charge in [0.1, 0.15) is 11.4 Å². The third-order valence-corrected chi connectivity index (χ3v) is 4.96. The predicted molar refractivity (Wildman–Crippen MR) is 129 cm³/mol. The predicted octanol–water partition coefficient (Wildman–Crippen LogP) is 3.17. The van der Waals surface area contributed by atoms with Crippen molar-refractivity contribution in [3.8, 4) is 0 Å². The molecule has 0 unspecified atom stereocenters. The van der Waals surface area contributed by atoms with Crippen LogP contribution in [-0.2, 0) is 0 Å². The Morgan fingerprint density at radius 1 is 1.16 bits per heavy atom. The molecule has 0 aromatic carbocycles. The second-order valence-electron chi connectivity index (χ2n) is 7.72. The van der Waals surface area contributed by atoms with Crippen molar-refractivity contribution in [1.82, 2.24) is 25.8 Å². The van der Waals surface area contributed by atoms with Gasteiger partial charge in [-0.1, -0.05) is 38.0 Å². The fraction of sp³-hybridized carbons (Fsp3) is 0.400. The molecule has 172 valence electrons. The van der Waals surface area contributed by atoms with Gasteiger partial charge in [0.25, 0.3) is 11.8 Å². The molecule has 0 saturated heterocycles. The van der Waals surface area contributed by atoms with E-state index < -0.39 is 0 Å². The van der Waals surface area contributed by atoms with Crippen LogP contribution in [0, 0.1) is 0 Å². The van der Waals surface area contributed by atoms with Gasteiger partial charge in [-0.2, -0.15) is 0 Å². The standard InChI is InChI=1S/C25H35N5O2/c1-4-5-6-17-30(3)18-16-27-24(31)22-13-8-14-23(29-22)25(32)28-21-12-7-10-20(19-21)11-9-15-26-2/h7-9,11-15,19,26H,4-6,10,16-18H2,1-3H3,(H,27,31)(H,28,32)/b15-9-,20-11+. The van der Waals surface area contributed by atoms with E-state index in [0.29, 0.717) is 12.2 Å². The van der Waals surface area contributed by atoms with Crippen molar-refractivity contribution in [3.05, 3.63) is 77.4 Å². The molecule has 2 amide bonds. The second kappa shape index (κ2) is 14.0. The highest BCUT2D eigenvalue weighted by Crippen LogP contribution is 2.14. The number of pyridine rings is 1. The van der Waals surface area contributed by atoms with Crippen LogP contribution in [-0.4, -0.2) is 55.4 Å². The summed E-state index contributed by atoms with van der Waals surface area (Å²) >= 11 is 0. The highest BCUT2D eigenvalue weighted by molar-refractivity contribution is 5.97. The van der Waals surface area contributed by atoms with Crippen molar-refractivity contribution >= 4 is 11.8 Å². The van der Waals surface area contributed by atoms with Gasteiger partial charge in [-0.25, -0.2) is 4.98 Å². The van der Waals surface area contributed by atoms with Crippen LogP contribution in [0.1, 0.15) is 53.6 Å². The van der Waals surface area contributed by atoms with Gasteiger partial charge in [-0.15, -0.1) is 0 Å². The van der Waals surface area contributed by atoms with E-state index in [1.165, 1.54) is 12.8 Å². The lowest BCUT2D eigenvalue weighted by molar-refractivity contribution is 0.0944. The minimum Gasteiger partial charge on any atom is -0.394 e. The largest absolute Gasteiger partial charge is 0.394 e. The van der Waals surface area contributed by atoms with Crippen LogP contribution >= 0.6 is 0 Å². The van der Waals surface area contributed by atoms with Crippen LogP contribution in [0.5, 0.6) is 0 Å². The molecule has 0 atom stereocenters. The quantitative estimate of drug-likeness (QED) is 0.437. The number of carbonyl (C=O) groups excluding carboxylic acids is 2. The van der Waals surface area contributed by atoms with Crippen LogP contribution in [0.3, 0.4) is 0 Å². The average molecular weight is 438 g/mol. The Morgan fingerprint density at radius 2 is 1.94 bits per heavy atom. The zero-order valence-electron chi connectivity index (χ0n) is 19.4. The normalized spacial score (nSPS) is 14.6. The number of amides is 2. The van der Waals surface area contributed by atoms with Gasteiger partial charge in [0, 0.05) is 25.8 Å². The maximum Gasteiger partial charge on any atom is 0.274 e. The summed E-state index contributed by atoms with van der Waals surface area (Å²) in [6.45, 7) is 4.51. The molecule has 7 nitrogen and oxygen atoms in total. The Labute approximate surface area is 191 Å². The molecule has 1 aromatic heterocycles. The van der Waals surface area contributed by atoms with E-state index in [1.54, 1.807) is 18.2 Å². The van der Waals surface area contributed by atoms with E-state index in [9.17, 15) is 9.59 Å². The Hall–Kier alpha value is -3.19. The summed E-state index contributed by atoms with van der Waals surface area (Å²) in [6, 6.07) is 4.89. The number of likely N-dealkylation sites (N-methyl/N-ethyl adjacent to an activating group) is 1. The number of aromatic nitrogens is 1. The van der Waals surface area contributed by atoms with Crippen molar-refractivity contribution in [2.45, 2.75) is 32.6 Å². The number of unbranched alkanes of at least 4 members (excludes halogenated alkanes) is 2. The molecule has 3 N–H and O–H groups in total. The summed E-state index contributed by atoms with van der Waals surface area (Å²) in [6.07, 6.45) is 15.9. The van der Waals surface area contributed by atoms with Crippen molar-refractivity contribution in [2.24, 2.45) is 0 Å². The summed E-state index contributed by atoms with van der Waals surface area (Å²) < 4.78 is 0. The Bertz CT molecular complexity index is 886. The van der Waals surface area contributed by atoms with Gasteiger partial charge in [-0.3, -0.25) is 9.59 Å². The summed E-state index contributed by atoms with van der Waals surface area (Å²) in [4.78, 5) is 31.6. The van der Waals surface area contributed by atoms with E-state index in [-0.39, 0.29) is 23.2 Å². The topological polar surface area (TPSA) is 86.4 Å². The third-order valence-electron chi connectivity index (χ3n) is 4.96. The summed E-state index contributed by atoms with van der Waals surface area (Å²) in [5, 5.41) is 8.68. The molecule has 0 aliphatic heterocycles. The fourth-order valence-electron chi connectivity index (χ4n) is 3.17. The monoisotopic (exact) mass is 437 g/mol. The van der Waals surface area contributed by atoms with Gasteiger partial charge < -0.3 is 20.9 Å². The van der Waals surface area contributed by atoms with Gasteiger partial charge in [0.2, 0.25) is 0 Å². The molecule has 0 fully saturated rings. The summed E-state index contributed by atoms with van der Waals surface area (Å²) in [7, 11) is 3.89. The number of hydrogen-bond donors (Lipinski definition) is 3. The number of allylic oxidation sites excluding steroid dienone is 6. The van der Waals surface area contributed by atoms with Crippen LogP contribution in [0.25, 0.3) is 0 Å². The first-order valence-corrected chi connectivity index (χ1v) is 11.2. The first kappa shape index (κ1) is 25.1. The molecule has 7 heteroatoms. The van der Waals surface area contributed by atoms with E-state index in [2.05, 4.69) is 39.8 Å². The van der Waals surface area contributed by atoms with Crippen LogP contribution in [0.2, 0.25) is 0 Å². The Balaban J connectivity index is 1.90. The highest BCUT2D eigenvalue weighted by atomic mass is 16.2. The molecule has 0 bridgehead atoms. The maximum atomic E-state index is 12.7. The van der Waals surface area contributed by atoms with Crippen molar-refractivity contribution in [3.63, 3.8) is 0 Å². The van der Waals surface area contributed by atoms with E-state index in [4.69, 9.17) is 0 Å². The van der Waals surface area contributed by atoms with Gasteiger partial charge in [-0.05, 0) is 68.6 Å².